The topological polar surface area (TPSA) is 0 Å². The van der Waals surface area contributed by atoms with E-state index in [2.05, 4.69) is 100 Å². The second kappa shape index (κ2) is 12.4. The van der Waals surface area contributed by atoms with Crippen molar-refractivity contribution >= 4 is 33.2 Å². The summed E-state index contributed by atoms with van der Waals surface area (Å²) in [5.41, 5.74) is 4.62. The van der Waals surface area contributed by atoms with Crippen LogP contribution in [0.5, 0.6) is 0 Å². The summed E-state index contributed by atoms with van der Waals surface area (Å²) in [5, 5.41) is 0. The summed E-state index contributed by atoms with van der Waals surface area (Å²) in [7, 11) is 2.88. The third kappa shape index (κ3) is 7.33. The Labute approximate surface area is 190 Å². The van der Waals surface area contributed by atoms with Gasteiger partial charge in [0.15, 0.2) is 0 Å². The molecule has 0 aromatic heterocycles. The Morgan fingerprint density at radius 1 is 0.536 bits per heavy atom. The van der Waals surface area contributed by atoms with Crippen molar-refractivity contribution in [2.45, 2.75) is 38.5 Å². The van der Waals surface area contributed by atoms with E-state index < -0.39 is 0 Å². The summed E-state index contributed by atoms with van der Waals surface area (Å²) < 4.78 is 0. The van der Waals surface area contributed by atoms with E-state index in [-0.39, 0.29) is 29.4 Å². The van der Waals surface area contributed by atoms with Gasteiger partial charge in [-0.2, -0.15) is 0 Å². The molecule has 0 nitrogen and oxygen atoms in total. The molecule has 0 aliphatic rings. The maximum absolute atomic E-state index is 2.88. The first-order chi connectivity index (χ1) is 13.3. The molecule has 148 valence electrons. The van der Waals surface area contributed by atoms with Gasteiger partial charge in [0.05, 0.1) is 0 Å². The maximum atomic E-state index is 2.88. The Bertz CT molecular complexity index is 670. The van der Waals surface area contributed by atoms with Crippen molar-refractivity contribution in [1.82, 2.24) is 0 Å². The van der Waals surface area contributed by atoms with E-state index >= 15 is 0 Å². The van der Waals surface area contributed by atoms with E-state index in [1.807, 2.05) is 0 Å². The number of rotatable bonds is 10. The predicted molar refractivity (Wildman–Crippen MR) is 137 cm³/mol. The first-order valence-corrected chi connectivity index (χ1v) is 10.9. The van der Waals surface area contributed by atoms with Crippen LogP contribution in [0.4, 0.5) is 0 Å². The van der Waals surface area contributed by atoms with Crippen molar-refractivity contribution in [3.05, 3.63) is 108 Å². The van der Waals surface area contributed by atoms with Crippen LogP contribution in [0, 0.1) is 5.41 Å². The molecule has 2 heteroatoms. The quantitative estimate of drug-likeness (QED) is 0.154. The fraction of sp³-hybridized carbons (Fsp3) is 0.308. The molecule has 1 unspecified atom stereocenters. The van der Waals surface area contributed by atoms with Crippen LogP contribution in [-0.2, 0) is 19.3 Å². The molecule has 0 heterocycles. The SMILES string of the molecule is I.PCCCCC(Cc1ccccc1)(Cc1ccccc1)Cc1ccccc1. The Morgan fingerprint density at radius 2 is 0.893 bits per heavy atom. The van der Waals surface area contributed by atoms with Crippen LogP contribution in [0.15, 0.2) is 91.0 Å². The smallest absolute Gasteiger partial charge is 0.0176 e. The molecule has 0 fully saturated rings. The van der Waals surface area contributed by atoms with Gasteiger partial charge in [0, 0.05) is 0 Å². The van der Waals surface area contributed by atoms with Gasteiger partial charge in [0.2, 0.25) is 0 Å². The minimum absolute atomic E-state index is 0. The highest BCUT2D eigenvalue weighted by atomic mass is 127. The largest absolute Gasteiger partial charge is 0.138 e. The number of hydrogen-bond donors (Lipinski definition) is 0. The van der Waals surface area contributed by atoms with Crippen molar-refractivity contribution in [3.8, 4) is 0 Å². The normalized spacial score (nSPS) is 11.0. The Morgan fingerprint density at radius 3 is 1.21 bits per heavy atom. The average molecular weight is 502 g/mol. The van der Waals surface area contributed by atoms with E-state index in [1.165, 1.54) is 42.1 Å². The average Bonchev–Trinajstić information content (AvgIpc) is 2.70. The van der Waals surface area contributed by atoms with E-state index in [0.29, 0.717) is 0 Å². The van der Waals surface area contributed by atoms with E-state index in [9.17, 15) is 0 Å². The summed E-state index contributed by atoms with van der Waals surface area (Å²) in [6, 6.07) is 33.2. The van der Waals surface area contributed by atoms with Gasteiger partial charge in [0.1, 0.15) is 0 Å². The highest BCUT2D eigenvalue weighted by Crippen LogP contribution is 2.37. The van der Waals surface area contributed by atoms with Crippen LogP contribution in [0.25, 0.3) is 0 Å². The van der Waals surface area contributed by atoms with Gasteiger partial charge < -0.3 is 0 Å². The van der Waals surface area contributed by atoms with Crippen molar-refractivity contribution < 1.29 is 0 Å². The zero-order valence-electron chi connectivity index (χ0n) is 16.6. The molecule has 0 saturated heterocycles. The highest BCUT2D eigenvalue weighted by Gasteiger charge is 2.30. The molecule has 1 atom stereocenters. The van der Waals surface area contributed by atoms with Crippen molar-refractivity contribution in [1.29, 1.82) is 0 Å². The van der Waals surface area contributed by atoms with E-state index in [1.54, 1.807) is 0 Å². The van der Waals surface area contributed by atoms with Crippen LogP contribution in [0.1, 0.15) is 36.0 Å². The molecule has 0 bridgehead atoms. The molecule has 0 radical (unpaired) electrons. The molecule has 3 aromatic carbocycles. The summed E-state index contributed by atoms with van der Waals surface area (Å²) in [6.45, 7) is 0. The third-order valence-electron chi connectivity index (χ3n) is 5.43. The van der Waals surface area contributed by atoms with Gasteiger partial charge in [-0.3, -0.25) is 0 Å². The van der Waals surface area contributed by atoms with E-state index in [0.717, 1.165) is 19.3 Å². The monoisotopic (exact) mass is 502 g/mol. The van der Waals surface area contributed by atoms with Crippen LogP contribution in [0.3, 0.4) is 0 Å². The van der Waals surface area contributed by atoms with Crippen molar-refractivity contribution in [2.24, 2.45) is 5.41 Å². The Balaban J connectivity index is 0.00000280. The zero-order chi connectivity index (χ0) is 18.8. The molecule has 0 N–H and O–H groups in total. The first-order valence-electron chi connectivity index (χ1n) is 10.1. The molecule has 3 aromatic rings. The fourth-order valence-corrected chi connectivity index (χ4v) is 4.47. The number of halogens is 1. The van der Waals surface area contributed by atoms with Gasteiger partial charge in [-0.05, 0) is 60.4 Å². The maximum Gasteiger partial charge on any atom is -0.0176 e. The minimum atomic E-state index is 0. The molecule has 28 heavy (non-hydrogen) atoms. The van der Waals surface area contributed by atoms with Gasteiger partial charge in [0.25, 0.3) is 0 Å². The van der Waals surface area contributed by atoms with Gasteiger partial charge >= 0.3 is 0 Å². The molecule has 0 aliphatic heterocycles. The minimum Gasteiger partial charge on any atom is -0.138 e. The summed E-state index contributed by atoms with van der Waals surface area (Å²) in [4.78, 5) is 0. The zero-order valence-corrected chi connectivity index (χ0v) is 20.1. The molecule has 0 spiro atoms. The lowest BCUT2D eigenvalue weighted by Gasteiger charge is -2.35. The fourth-order valence-electron chi connectivity index (χ4n) is 4.18. The molecule has 0 aliphatic carbocycles. The highest BCUT2D eigenvalue weighted by molar-refractivity contribution is 14.0. The lowest BCUT2D eigenvalue weighted by atomic mass is 9.69. The van der Waals surface area contributed by atoms with Gasteiger partial charge in [-0.25, -0.2) is 0 Å². The van der Waals surface area contributed by atoms with Crippen LogP contribution in [-0.4, -0.2) is 6.16 Å². The molecular formula is C26H32IP. The number of hydrogen-bond acceptors (Lipinski definition) is 0. The lowest BCUT2D eigenvalue weighted by Crippen LogP contribution is -2.30. The summed E-state index contributed by atoms with van der Waals surface area (Å²) in [5.74, 6) is 0. The van der Waals surface area contributed by atoms with E-state index in [4.69, 9.17) is 0 Å². The molecular weight excluding hydrogens is 470 g/mol. The summed E-state index contributed by atoms with van der Waals surface area (Å²) >= 11 is 0. The second-order valence-corrected chi connectivity index (χ2v) is 8.31. The summed E-state index contributed by atoms with van der Waals surface area (Å²) in [6.07, 6.45) is 8.43. The standard InChI is InChI=1S/C26H31P.HI/c27-19-11-10-18-26(20-23-12-4-1-5-13-23,21-24-14-6-2-7-15-24)22-25-16-8-3-9-17-25;/h1-9,12-17H,10-11,18-22,27H2;1H. The van der Waals surface area contributed by atoms with Gasteiger partial charge in [-0.1, -0.05) is 97.4 Å². The van der Waals surface area contributed by atoms with Crippen LogP contribution >= 0.6 is 33.2 Å². The lowest BCUT2D eigenvalue weighted by molar-refractivity contribution is 0.246. The Hall–Kier alpha value is -1.18. The number of benzene rings is 3. The van der Waals surface area contributed by atoms with Crippen LogP contribution in [0.2, 0.25) is 0 Å². The molecule has 3 rings (SSSR count). The Kier molecular flexibility index (Phi) is 10.2. The number of unbranched alkanes of at least 4 members (excludes halogenated alkanes) is 1. The third-order valence-corrected chi connectivity index (χ3v) is 5.84. The van der Waals surface area contributed by atoms with Crippen LogP contribution < -0.4 is 0 Å². The molecule has 0 amide bonds. The predicted octanol–water partition coefficient (Wildman–Crippen LogP) is 7.36. The first kappa shape index (κ1) is 23.1. The van der Waals surface area contributed by atoms with Crippen molar-refractivity contribution in [3.63, 3.8) is 0 Å². The molecule has 0 saturated carbocycles. The van der Waals surface area contributed by atoms with Gasteiger partial charge in [-0.15, -0.1) is 33.2 Å². The second-order valence-electron chi connectivity index (χ2n) is 7.73. The van der Waals surface area contributed by atoms with Crippen molar-refractivity contribution in [2.75, 3.05) is 6.16 Å².